The monoisotopic (exact) mass is 433 g/mol. The summed E-state index contributed by atoms with van der Waals surface area (Å²) in [5.41, 5.74) is 1.84. The molecule has 0 saturated carbocycles. The van der Waals surface area contributed by atoms with Gasteiger partial charge < -0.3 is 10.2 Å². The molecule has 0 spiro atoms. The third kappa shape index (κ3) is 5.01. The van der Waals surface area contributed by atoms with Gasteiger partial charge in [-0.2, -0.15) is 4.31 Å². The van der Waals surface area contributed by atoms with E-state index in [0.717, 1.165) is 21.9 Å². The molecule has 1 aliphatic rings. The van der Waals surface area contributed by atoms with E-state index in [2.05, 4.69) is 17.1 Å². The average Bonchev–Trinajstić information content (AvgIpc) is 2.70. The predicted octanol–water partition coefficient (Wildman–Crippen LogP) is 3.30. The number of aryl methyl sites for hydroxylation is 1. The molecule has 1 saturated heterocycles. The van der Waals surface area contributed by atoms with Crippen molar-refractivity contribution in [2.45, 2.75) is 23.6 Å². The highest BCUT2D eigenvalue weighted by atomic mass is 32.2. The highest BCUT2D eigenvalue weighted by Crippen LogP contribution is 2.28. The Balaban J connectivity index is 1.86. The molecule has 0 atom stereocenters. The lowest BCUT2D eigenvalue weighted by Gasteiger charge is -2.31. The second-order valence-electron chi connectivity index (χ2n) is 7.07. The number of thioether (sulfide) groups is 1. The van der Waals surface area contributed by atoms with Gasteiger partial charge in [0.25, 0.3) is 5.91 Å². The number of hydrogen-bond donors (Lipinski definition) is 1. The largest absolute Gasteiger partial charge is 0.321 e. The standard InChI is InChI=1S/C21H27N3O3S2/c1-4-28-20-8-6-5-7-19(20)22-21(25)18-15-17(10-9-16(18)2)29(26,27)24-13-11-23(3)12-14-24/h5-10,15H,4,11-14H2,1-3H3,(H,22,25). The van der Waals surface area contributed by atoms with Gasteiger partial charge in [-0.1, -0.05) is 25.1 Å². The molecule has 0 radical (unpaired) electrons. The number of anilines is 1. The number of piperazine rings is 1. The summed E-state index contributed by atoms with van der Waals surface area (Å²) in [5.74, 6) is 0.590. The van der Waals surface area contributed by atoms with Gasteiger partial charge in [-0.3, -0.25) is 4.79 Å². The van der Waals surface area contributed by atoms with Crippen molar-refractivity contribution in [1.82, 2.24) is 9.21 Å². The molecule has 1 aliphatic heterocycles. The third-order valence-corrected chi connectivity index (χ3v) is 7.84. The summed E-state index contributed by atoms with van der Waals surface area (Å²) in [5, 5.41) is 2.94. The number of amides is 1. The lowest BCUT2D eigenvalue weighted by molar-refractivity contribution is 0.102. The molecule has 156 valence electrons. The van der Waals surface area contributed by atoms with E-state index in [1.165, 1.54) is 10.4 Å². The van der Waals surface area contributed by atoms with Crippen molar-refractivity contribution in [2.75, 3.05) is 44.3 Å². The minimum absolute atomic E-state index is 0.161. The van der Waals surface area contributed by atoms with Gasteiger partial charge in [-0.15, -0.1) is 11.8 Å². The van der Waals surface area contributed by atoms with Crippen molar-refractivity contribution in [1.29, 1.82) is 0 Å². The number of nitrogens with zero attached hydrogens (tertiary/aromatic N) is 2. The Morgan fingerprint density at radius 3 is 2.48 bits per heavy atom. The quantitative estimate of drug-likeness (QED) is 0.708. The molecule has 2 aromatic rings. The van der Waals surface area contributed by atoms with E-state index in [0.29, 0.717) is 31.7 Å². The van der Waals surface area contributed by atoms with Crippen LogP contribution >= 0.6 is 11.8 Å². The van der Waals surface area contributed by atoms with Gasteiger partial charge in [-0.25, -0.2) is 8.42 Å². The fourth-order valence-corrected chi connectivity index (χ4v) is 5.43. The molecular weight excluding hydrogens is 406 g/mol. The Kier molecular flexibility index (Phi) is 7.00. The maximum atomic E-state index is 13.0. The van der Waals surface area contributed by atoms with E-state index in [-0.39, 0.29) is 10.8 Å². The molecule has 3 rings (SSSR count). The van der Waals surface area contributed by atoms with Crippen molar-refractivity contribution in [2.24, 2.45) is 0 Å². The van der Waals surface area contributed by atoms with Crippen LogP contribution in [0.3, 0.4) is 0 Å². The minimum atomic E-state index is -3.63. The lowest BCUT2D eigenvalue weighted by Crippen LogP contribution is -2.47. The van der Waals surface area contributed by atoms with Crippen LogP contribution in [0.2, 0.25) is 0 Å². The summed E-state index contributed by atoms with van der Waals surface area (Å²) in [7, 11) is -1.65. The molecule has 1 N–H and O–H groups in total. The number of nitrogens with one attached hydrogen (secondary N) is 1. The van der Waals surface area contributed by atoms with Gasteiger partial charge in [0, 0.05) is 36.6 Å². The van der Waals surface area contributed by atoms with Crippen LogP contribution in [0, 0.1) is 6.92 Å². The number of hydrogen-bond acceptors (Lipinski definition) is 5. The SMILES string of the molecule is CCSc1ccccc1NC(=O)c1cc(S(=O)(=O)N2CCN(C)CC2)ccc1C. The highest BCUT2D eigenvalue weighted by Gasteiger charge is 2.28. The summed E-state index contributed by atoms with van der Waals surface area (Å²) in [6, 6.07) is 12.4. The van der Waals surface area contributed by atoms with E-state index in [9.17, 15) is 13.2 Å². The molecule has 0 unspecified atom stereocenters. The van der Waals surface area contributed by atoms with Gasteiger partial charge in [0.2, 0.25) is 10.0 Å². The molecule has 29 heavy (non-hydrogen) atoms. The fraction of sp³-hybridized carbons (Fsp3) is 0.381. The first-order chi connectivity index (χ1) is 13.8. The van der Waals surface area contributed by atoms with Gasteiger partial charge in [0.15, 0.2) is 0 Å². The first kappa shape index (κ1) is 21.8. The van der Waals surface area contributed by atoms with Crippen LogP contribution in [-0.4, -0.2) is 62.5 Å². The first-order valence-corrected chi connectivity index (χ1v) is 12.1. The summed E-state index contributed by atoms with van der Waals surface area (Å²) >= 11 is 1.65. The number of carbonyl (C=O) groups is 1. The van der Waals surface area contributed by atoms with Crippen molar-refractivity contribution in [3.63, 3.8) is 0 Å². The van der Waals surface area contributed by atoms with E-state index in [4.69, 9.17) is 0 Å². The summed E-state index contributed by atoms with van der Waals surface area (Å²) in [4.78, 5) is 16.2. The zero-order valence-electron chi connectivity index (χ0n) is 17.0. The second kappa shape index (κ2) is 9.30. The van der Waals surface area contributed by atoms with Crippen LogP contribution in [0.5, 0.6) is 0 Å². The average molecular weight is 434 g/mol. The number of benzene rings is 2. The predicted molar refractivity (Wildman–Crippen MR) is 118 cm³/mol. The first-order valence-electron chi connectivity index (χ1n) is 9.65. The van der Waals surface area contributed by atoms with E-state index in [1.54, 1.807) is 23.9 Å². The summed E-state index contributed by atoms with van der Waals surface area (Å²) in [6.07, 6.45) is 0. The molecule has 0 aromatic heterocycles. The van der Waals surface area contributed by atoms with Crippen molar-refractivity contribution in [3.8, 4) is 0 Å². The van der Waals surface area contributed by atoms with Crippen LogP contribution in [0.4, 0.5) is 5.69 Å². The zero-order chi connectivity index (χ0) is 21.0. The van der Waals surface area contributed by atoms with Crippen LogP contribution in [0.15, 0.2) is 52.3 Å². The normalized spacial score (nSPS) is 16.0. The molecule has 0 bridgehead atoms. The smallest absolute Gasteiger partial charge is 0.256 e. The number of likely N-dealkylation sites (N-methyl/N-ethyl adjacent to an activating group) is 1. The minimum Gasteiger partial charge on any atom is -0.321 e. The van der Waals surface area contributed by atoms with Gasteiger partial charge >= 0.3 is 0 Å². The van der Waals surface area contributed by atoms with Gasteiger partial charge in [0.1, 0.15) is 0 Å². The van der Waals surface area contributed by atoms with Crippen molar-refractivity contribution < 1.29 is 13.2 Å². The van der Waals surface area contributed by atoms with Crippen LogP contribution < -0.4 is 5.32 Å². The maximum Gasteiger partial charge on any atom is 0.256 e. The van der Waals surface area contributed by atoms with Crippen LogP contribution in [0.25, 0.3) is 0 Å². The molecule has 1 heterocycles. The number of carbonyl (C=O) groups excluding carboxylic acids is 1. The molecule has 8 heteroatoms. The fourth-order valence-electron chi connectivity index (χ4n) is 3.22. The lowest BCUT2D eigenvalue weighted by atomic mass is 10.1. The van der Waals surface area contributed by atoms with E-state index in [1.807, 2.05) is 38.2 Å². The van der Waals surface area contributed by atoms with E-state index >= 15 is 0 Å². The van der Waals surface area contributed by atoms with Crippen LogP contribution in [0.1, 0.15) is 22.8 Å². The Bertz CT molecular complexity index is 984. The summed E-state index contributed by atoms with van der Waals surface area (Å²) in [6.45, 7) is 6.17. The van der Waals surface area contributed by atoms with Crippen molar-refractivity contribution >= 4 is 33.4 Å². The van der Waals surface area contributed by atoms with Crippen LogP contribution in [-0.2, 0) is 10.0 Å². The van der Waals surface area contributed by atoms with Gasteiger partial charge in [0.05, 0.1) is 10.6 Å². The molecule has 2 aromatic carbocycles. The molecular formula is C21H27N3O3S2. The van der Waals surface area contributed by atoms with Gasteiger partial charge in [-0.05, 0) is 49.6 Å². The number of sulfonamides is 1. The topological polar surface area (TPSA) is 69.7 Å². The van der Waals surface area contributed by atoms with Crippen molar-refractivity contribution in [3.05, 3.63) is 53.6 Å². The Labute approximate surface area is 177 Å². The second-order valence-corrected chi connectivity index (χ2v) is 10.3. The Morgan fingerprint density at radius 2 is 1.79 bits per heavy atom. The molecule has 1 amide bonds. The number of rotatable bonds is 6. The molecule has 6 nitrogen and oxygen atoms in total. The van der Waals surface area contributed by atoms with E-state index < -0.39 is 10.0 Å². The molecule has 0 aliphatic carbocycles. The highest BCUT2D eigenvalue weighted by molar-refractivity contribution is 7.99. The Hall–Kier alpha value is -1.87. The Morgan fingerprint density at radius 1 is 1.10 bits per heavy atom. The summed E-state index contributed by atoms with van der Waals surface area (Å²) < 4.78 is 27.6. The number of para-hydroxylation sites is 1. The zero-order valence-corrected chi connectivity index (χ0v) is 18.6. The maximum absolute atomic E-state index is 13.0. The molecule has 1 fully saturated rings. The third-order valence-electron chi connectivity index (χ3n) is 4.99.